The molecule has 0 radical (unpaired) electrons. The first-order valence-electron chi connectivity index (χ1n) is 6.74. The van der Waals surface area contributed by atoms with Gasteiger partial charge in [0.15, 0.2) is 0 Å². The van der Waals surface area contributed by atoms with E-state index in [1.165, 1.54) is 38.5 Å². The highest BCUT2D eigenvalue weighted by molar-refractivity contribution is 5.18. The van der Waals surface area contributed by atoms with Gasteiger partial charge >= 0.3 is 0 Å². The second-order valence-corrected chi connectivity index (χ2v) is 6.30. The normalized spacial score (nSPS) is 41.7. The highest BCUT2D eigenvalue weighted by Crippen LogP contribution is 2.57. The molecule has 3 unspecified atom stereocenters. The van der Waals surface area contributed by atoms with Gasteiger partial charge < -0.3 is 0 Å². The number of hydrogen-bond donors (Lipinski definition) is 0. The van der Waals surface area contributed by atoms with Crippen LogP contribution in [0, 0.1) is 23.2 Å². The minimum atomic E-state index is 0.549. The fraction of sp³-hybridized carbons (Fsp3) is 0.867. The van der Waals surface area contributed by atoms with Gasteiger partial charge in [-0.3, -0.25) is 0 Å². The Hall–Kier alpha value is -0.260. The van der Waals surface area contributed by atoms with E-state index in [2.05, 4.69) is 27.4 Å². The molecule has 86 valence electrons. The maximum atomic E-state index is 4.39. The first kappa shape index (κ1) is 11.2. The van der Waals surface area contributed by atoms with Crippen LogP contribution in [0.4, 0.5) is 0 Å². The zero-order valence-electron chi connectivity index (χ0n) is 10.7. The van der Waals surface area contributed by atoms with Crippen LogP contribution in [0.15, 0.2) is 12.2 Å². The van der Waals surface area contributed by atoms with Crippen LogP contribution in [0.3, 0.4) is 0 Å². The Labute approximate surface area is 95.1 Å². The van der Waals surface area contributed by atoms with E-state index < -0.39 is 0 Å². The molecule has 2 fully saturated rings. The Morgan fingerprint density at radius 2 is 2.07 bits per heavy atom. The van der Waals surface area contributed by atoms with Crippen LogP contribution in [0.2, 0.25) is 0 Å². The average molecular weight is 206 g/mol. The number of allylic oxidation sites excluding steroid dienone is 1. The zero-order chi connectivity index (χ0) is 11.1. The smallest absolute Gasteiger partial charge is 0.00624 e. The second kappa shape index (κ2) is 3.96. The van der Waals surface area contributed by atoms with Crippen molar-refractivity contribution in [3.63, 3.8) is 0 Å². The van der Waals surface area contributed by atoms with E-state index in [9.17, 15) is 0 Å². The monoisotopic (exact) mass is 206 g/mol. The lowest BCUT2D eigenvalue weighted by molar-refractivity contribution is 0.137. The van der Waals surface area contributed by atoms with Crippen molar-refractivity contribution in [3.05, 3.63) is 12.2 Å². The molecule has 0 bridgehead atoms. The average Bonchev–Trinajstić information content (AvgIpc) is 2.54. The predicted molar refractivity (Wildman–Crippen MR) is 66.8 cm³/mol. The number of rotatable bonds is 1. The fourth-order valence-electron chi connectivity index (χ4n) is 3.97. The van der Waals surface area contributed by atoms with Gasteiger partial charge in [0.1, 0.15) is 0 Å². The molecule has 3 atom stereocenters. The van der Waals surface area contributed by atoms with E-state index in [1.54, 1.807) is 5.57 Å². The van der Waals surface area contributed by atoms with Gasteiger partial charge in [-0.05, 0) is 55.3 Å². The summed E-state index contributed by atoms with van der Waals surface area (Å²) in [5, 5.41) is 0. The lowest BCUT2D eigenvalue weighted by atomic mass is 9.60. The largest absolute Gasteiger partial charge is 0.0993 e. The molecule has 0 nitrogen and oxygen atoms in total. The van der Waals surface area contributed by atoms with Gasteiger partial charge in [-0.25, -0.2) is 0 Å². The van der Waals surface area contributed by atoms with Crippen molar-refractivity contribution < 1.29 is 0 Å². The summed E-state index contributed by atoms with van der Waals surface area (Å²) in [7, 11) is 0. The maximum Gasteiger partial charge on any atom is -0.00624 e. The highest BCUT2D eigenvalue weighted by atomic mass is 14.5. The van der Waals surface area contributed by atoms with E-state index in [4.69, 9.17) is 0 Å². The second-order valence-electron chi connectivity index (χ2n) is 6.30. The molecule has 2 aliphatic carbocycles. The summed E-state index contributed by atoms with van der Waals surface area (Å²) in [5.41, 5.74) is 2.14. The highest BCUT2D eigenvalue weighted by Gasteiger charge is 2.46. The summed E-state index contributed by atoms with van der Waals surface area (Å²) in [6, 6.07) is 0. The van der Waals surface area contributed by atoms with E-state index in [1.807, 2.05) is 0 Å². The Kier molecular flexibility index (Phi) is 2.96. The summed E-state index contributed by atoms with van der Waals surface area (Å²) in [5.74, 6) is 2.71. The molecular weight excluding hydrogens is 180 g/mol. The Morgan fingerprint density at radius 3 is 2.60 bits per heavy atom. The fourth-order valence-corrected chi connectivity index (χ4v) is 3.97. The van der Waals surface area contributed by atoms with Crippen LogP contribution < -0.4 is 0 Å². The van der Waals surface area contributed by atoms with Crippen LogP contribution in [0.1, 0.15) is 59.3 Å². The molecule has 0 heteroatoms. The van der Waals surface area contributed by atoms with Crippen molar-refractivity contribution in [1.82, 2.24) is 0 Å². The summed E-state index contributed by atoms with van der Waals surface area (Å²) in [6.45, 7) is 11.6. The number of hydrogen-bond acceptors (Lipinski definition) is 0. The van der Waals surface area contributed by atoms with Crippen LogP contribution in [-0.4, -0.2) is 0 Å². The molecule has 0 aromatic heterocycles. The maximum absolute atomic E-state index is 4.39. The van der Waals surface area contributed by atoms with Gasteiger partial charge in [0.25, 0.3) is 0 Å². The first-order chi connectivity index (χ1) is 7.06. The summed E-state index contributed by atoms with van der Waals surface area (Å²) < 4.78 is 0. The Morgan fingerprint density at radius 1 is 1.33 bits per heavy atom. The van der Waals surface area contributed by atoms with Gasteiger partial charge in [0.2, 0.25) is 0 Å². The molecule has 0 N–H and O–H groups in total. The van der Waals surface area contributed by atoms with Crippen molar-refractivity contribution in [2.75, 3.05) is 0 Å². The van der Waals surface area contributed by atoms with Crippen molar-refractivity contribution in [1.29, 1.82) is 0 Å². The third-order valence-corrected chi connectivity index (χ3v) is 5.29. The van der Waals surface area contributed by atoms with Gasteiger partial charge in [0.05, 0.1) is 0 Å². The molecule has 1 spiro atoms. The molecule has 0 aliphatic heterocycles. The van der Waals surface area contributed by atoms with Gasteiger partial charge in [-0.15, -0.1) is 0 Å². The van der Waals surface area contributed by atoms with Crippen LogP contribution in [0.5, 0.6) is 0 Å². The topological polar surface area (TPSA) is 0 Å². The van der Waals surface area contributed by atoms with Crippen molar-refractivity contribution in [3.8, 4) is 0 Å². The van der Waals surface area contributed by atoms with E-state index in [-0.39, 0.29) is 0 Å². The van der Waals surface area contributed by atoms with E-state index in [0.29, 0.717) is 5.41 Å². The van der Waals surface area contributed by atoms with Gasteiger partial charge in [-0.2, -0.15) is 0 Å². The zero-order valence-corrected chi connectivity index (χ0v) is 10.7. The lowest BCUT2D eigenvalue weighted by Gasteiger charge is -2.44. The molecule has 0 saturated heterocycles. The van der Waals surface area contributed by atoms with E-state index >= 15 is 0 Å². The third-order valence-electron chi connectivity index (χ3n) is 5.29. The Bertz CT molecular complexity index is 251. The minimum absolute atomic E-state index is 0.549. The first-order valence-corrected chi connectivity index (χ1v) is 6.74. The van der Waals surface area contributed by atoms with Crippen LogP contribution in [-0.2, 0) is 0 Å². The van der Waals surface area contributed by atoms with Gasteiger partial charge in [0, 0.05) is 0 Å². The molecule has 0 amide bonds. The molecular formula is C15H26. The van der Waals surface area contributed by atoms with E-state index in [0.717, 1.165) is 17.8 Å². The van der Waals surface area contributed by atoms with Crippen molar-refractivity contribution in [2.24, 2.45) is 23.2 Å². The lowest BCUT2D eigenvalue weighted by Crippen LogP contribution is -2.34. The quantitative estimate of drug-likeness (QED) is 0.540. The summed E-state index contributed by atoms with van der Waals surface area (Å²) in [6.07, 6.45) is 8.42. The SMILES string of the molecule is C=C1CCC(C(C)C)CC12CCCC2C. The third kappa shape index (κ3) is 1.77. The standard InChI is InChI=1S/C15H26/c1-11(2)14-8-7-13(4)15(10-14)9-5-6-12(15)3/h11-12,14H,4-10H2,1-3H3. The molecule has 0 heterocycles. The molecule has 0 aromatic carbocycles. The van der Waals surface area contributed by atoms with Gasteiger partial charge in [-0.1, -0.05) is 39.3 Å². The molecule has 2 aliphatic rings. The van der Waals surface area contributed by atoms with Crippen LogP contribution in [0.25, 0.3) is 0 Å². The molecule has 15 heavy (non-hydrogen) atoms. The molecule has 0 aromatic rings. The summed E-state index contributed by atoms with van der Waals surface area (Å²) >= 11 is 0. The van der Waals surface area contributed by atoms with Crippen LogP contribution >= 0.6 is 0 Å². The predicted octanol–water partition coefficient (Wildman–Crippen LogP) is 4.81. The van der Waals surface area contributed by atoms with Crippen molar-refractivity contribution in [2.45, 2.75) is 59.3 Å². The summed E-state index contributed by atoms with van der Waals surface area (Å²) in [4.78, 5) is 0. The minimum Gasteiger partial charge on any atom is -0.0993 e. The molecule has 2 saturated carbocycles. The Balaban J connectivity index is 2.18. The van der Waals surface area contributed by atoms with Crippen molar-refractivity contribution >= 4 is 0 Å². The molecule has 2 rings (SSSR count).